The zero-order valence-corrected chi connectivity index (χ0v) is 17.3. The number of benzene rings is 1. The summed E-state index contributed by atoms with van der Waals surface area (Å²) in [6.45, 7) is 0.987. The molecule has 1 N–H and O–H groups in total. The predicted molar refractivity (Wildman–Crippen MR) is 108 cm³/mol. The second-order valence-corrected chi connectivity index (χ2v) is 8.13. The average Bonchev–Trinajstić information content (AvgIpc) is 3.19. The van der Waals surface area contributed by atoms with Crippen LogP contribution in [0.4, 0.5) is 0 Å². The van der Waals surface area contributed by atoms with Gasteiger partial charge in [0.2, 0.25) is 0 Å². The van der Waals surface area contributed by atoms with E-state index in [1.165, 1.54) is 23.5 Å². The molecule has 0 radical (unpaired) electrons. The molecule has 2 aromatic rings. The number of thiophene rings is 1. The van der Waals surface area contributed by atoms with Crippen LogP contribution in [0, 0.1) is 0 Å². The number of nitrogens with zero attached hydrogens (tertiary/aromatic N) is 1. The van der Waals surface area contributed by atoms with Crippen LogP contribution in [0.1, 0.15) is 23.2 Å². The molecule has 0 spiro atoms. The van der Waals surface area contributed by atoms with E-state index in [9.17, 15) is 9.59 Å². The van der Waals surface area contributed by atoms with Crippen LogP contribution >= 0.6 is 46.1 Å². The van der Waals surface area contributed by atoms with E-state index in [0.717, 1.165) is 0 Å². The maximum Gasteiger partial charge on any atom is 0.260 e. The summed E-state index contributed by atoms with van der Waals surface area (Å²) in [6, 6.07) is 4.83. The van der Waals surface area contributed by atoms with Crippen molar-refractivity contribution in [1.29, 1.82) is 0 Å². The SMILES string of the molecule is O=C(NC1CCN(C(=O)COc2cc(Cl)c(Cl)cc2Cl)CC1)c1ccsc1. The molecule has 0 unspecified atom stereocenters. The molecule has 1 aliphatic rings. The van der Waals surface area contributed by atoms with Crippen molar-refractivity contribution in [3.8, 4) is 5.75 Å². The Hall–Kier alpha value is -1.47. The van der Waals surface area contributed by atoms with Crippen molar-refractivity contribution in [1.82, 2.24) is 10.2 Å². The highest BCUT2D eigenvalue weighted by molar-refractivity contribution is 7.08. The van der Waals surface area contributed by atoms with Gasteiger partial charge in [0.1, 0.15) is 5.75 Å². The smallest absolute Gasteiger partial charge is 0.260 e. The normalized spacial score (nSPS) is 14.9. The van der Waals surface area contributed by atoms with Gasteiger partial charge in [0, 0.05) is 36.1 Å². The summed E-state index contributed by atoms with van der Waals surface area (Å²) in [5, 5.41) is 7.64. The number of carbonyl (C=O) groups excluding carboxylic acids is 2. The number of nitrogens with one attached hydrogen (secondary N) is 1. The summed E-state index contributed by atoms with van der Waals surface area (Å²) in [7, 11) is 0. The molecule has 0 atom stereocenters. The monoisotopic (exact) mass is 446 g/mol. The molecule has 3 rings (SSSR count). The van der Waals surface area contributed by atoms with Crippen LogP contribution in [0.3, 0.4) is 0 Å². The van der Waals surface area contributed by atoms with Gasteiger partial charge in [-0.15, -0.1) is 0 Å². The molecule has 1 saturated heterocycles. The van der Waals surface area contributed by atoms with Crippen molar-refractivity contribution >= 4 is 58.0 Å². The molecular formula is C18H17Cl3N2O3S. The number of amides is 2. The predicted octanol–water partition coefficient (Wildman–Crippen LogP) is 4.51. The van der Waals surface area contributed by atoms with E-state index in [0.29, 0.717) is 52.3 Å². The quantitative estimate of drug-likeness (QED) is 0.686. The highest BCUT2D eigenvalue weighted by Gasteiger charge is 2.24. The van der Waals surface area contributed by atoms with Crippen LogP contribution in [0.5, 0.6) is 5.75 Å². The largest absolute Gasteiger partial charge is 0.482 e. The first kappa shape index (κ1) is 20.3. The Balaban J connectivity index is 1.46. The van der Waals surface area contributed by atoms with Crippen molar-refractivity contribution in [2.75, 3.05) is 19.7 Å². The van der Waals surface area contributed by atoms with Crippen molar-refractivity contribution < 1.29 is 14.3 Å². The standard InChI is InChI=1S/C18H17Cl3N2O3S/c19-13-7-15(21)16(8-14(13)20)26-9-17(24)23-4-1-12(2-5-23)22-18(25)11-3-6-27-10-11/h3,6-8,10,12H,1-2,4-5,9H2,(H,22,25). The maximum atomic E-state index is 12.4. The van der Waals surface area contributed by atoms with Gasteiger partial charge >= 0.3 is 0 Å². The summed E-state index contributed by atoms with van der Waals surface area (Å²) >= 11 is 19.4. The fourth-order valence-corrected chi connectivity index (χ4v) is 4.01. The van der Waals surface area contributed by atoms with Crippen LogP contribution in [0.25, 0.3) is 0 Å². The number of rotatable bonds is 5. The van der Waals surface area contributed by atoms with Gasteiger partial charge in [0.05, 0.1) is 15.1 Å². The first-order valence-electron chi connectivity index (χ1n) is 8.32. The number of hydrogen-bond donors (Lipinski definition) is 1. The van der Waals surface area contributed by atoms with Gasteiger partial charge in [-0.3, -0.25) is 9.59 Å². The van der Waals surface area contributed by atoms with Gasteiger partial charge < -0.3 is 15.0 Å². The maximum absolute atomic E-state index is 12.4. The summed E-state index contributed by atoms with van der Waals surface area (Å²) < 4.78 is 5.49. The zero-order chi connectivity index (χ0) is 19.4. The molecule has 27 heavy (non-hydrogen) atoms. The first-order chi connectivity index (χ1) is 12.9. The zero-order valence-electron chi connectivity index (χ0n) is 14.2. The second-order valence-electron chi connectivity index (χ2n) is 6.13. The minimum absolute atomic E-state index is 0.0619. The lowest BCUT2D eigenvalue weighted by molar-refractivity contribution is -0.134. The number of piperidine rings is 1. The molecule has 9 heteroatoms. The minimum atomic E-state index is -0.139. The van der Waals surface area contributed by atoms with Crippen LogP contribution in [0.2, 0.25) is 15.1 Å². The minimum Gasteiger partial charge on any atom is -0.482 e. The van der Waals surface area contributed by atoms with Gasteiger partial charge in [-0.2, -0.15) is 11.3 Å². The molecule has 1 fully saturated rings. The van der Waals surface area contributed by atoms with Crippen molar-refractivity contribution in [3.05, 3.63) is 49.6 Å². The molecule has 2 amide bonds. The van der Waals surface area contributed by atoms with Gasteiger partial charge in [-0.1, -0.05) is 34.8 Å². The Labute approximate surface area is 176 Å². The van der Waals surface area contributed by atoms with E-state index in [2.05, 4.69) is 5.32 Å². The Morgan fingerprint density at radius 2 is 1.85 bits per heavy atom. The summed E-state index contributed by atoms with van der Waals surface area (Å²) in [5.41, 5.74) is 0.672. The van der Waals surface area contributed by atoms with Crippen LogP contribution in [0.15, 0.2) is 29.0 Å². The first-order valence-corrected chi connectivity index (χ1v) is 10.4. The molecule has 144 valence electrons. The van der Waals surface area contributed by atoms with Crippen LogP contribution < -0.4 is 10.1 Å². The molecule has 0 bridgehead atoms. The third-order valence-electron chi connectivity index (χ3n) is 4.29. The highest BCUT2D eigenvalue weighted by atomic mass is 35.5. The fourth-order valence-electron chi connectivity index (χ4n) is 2.78. The van der Waals surface area contributed by atoms with Crippen LogP contribution in [-0.4, -0.2) is 42.5 Å². The van der Waals surface area contributed by atoms with Crippen molar-refractivity contribution in [2.45, 2.75) is 18.9 Å². The number of hydrogen-bond acceptors (Lipinski definition) is 4. The highest BCUT2D eigenvalue weighted by Crippen LogP contribution is 2.33. The fraction of sp³-hybridized carbons (Fsp3) is 0.333. The Kier molecular flexibility index (Phi) is 6.87. The lowest BCUT2D eigenvalue weighted by Gasteiger charge is -2.32. The molecule has 0 aliphatic carbocycles. The Bertz CT molecular complexity index is 822. The van der Waals surface area contributed by atoms with E-state index in [1.807, 2.05) is 10.8 Å². The molecule has 1 aromatic heterocycles. The number of ether oxygens (including phenoxy) is 1. The van der Waals surface area contributed by atoms with Gasteiger partial charge in [-0.05, 0) is 30.4 Å². The van der Waals surface area contributed by atoms with Gasteiger partial charge in [0.15, 0.2) is 6.61 Å². The molecule has 5 nitrogen and oxygen atoms in total. The molecular weight excluding hydrogens is 431 g/mol. The molecule has 2 heterocycles. The molecule has 0 saturated carbocycles. The Morgan fingerprint density at radius 3 is 2.52 bits per heavy atom. The third-order valence-corrected chi connectivity index (χ3v) is 5.99. The van der Waals surface area contributed by atoms with E-state index in [4.69, 9.17) is 39.5 Å². The second kappa shape index (κ2) is 9.15. The average molecular weight is 448 g/mol. The van der Waals surface area contributed by atoms with Gasteiger partial charge in [-0.25, -0.2) is 0 Å². The van der Waals surface area contributed by atoms with Crippen LogP contribution in [-0.2, 0) is 4.79 Å². The summed E-state index contributed by atoms with van der Waals surface area (Å²) in [6.07, 6.45) is 1.41. The lowest BCUT2D eigenvalue weighted by Crippen LogP contribution is -2.47. The van der Waals surface area contributed by atoms with Gasteiger partial charge in [0.25, 0.3) is 11.8 Å². The van der Waals surface area contributed by atoms with E-state index >= 15 is 0 Å². The van der Waals surface area contributed by atoms with Crippen molar-refractivity contribution in [3.63, 3.8) is 0 Å². The number of carbonyl (C=O) groups is 2. The third kappa shape index (κ3) is 5.29. The number of halogens is 3. The molecule has 1 aromatic carbocycles. The summed E-state index contributed by atoms with van der Waals surface area (Å²) in [5.74, 6) is 0.107. The molecule has 1 aliphatic heterocycles. The van der Waals surface area contributed by atoms with E-state index in [-0.39, 0.29) is 24.5 Å². The Morgan fingerprint density at radius 1 is 1.15 bits per heavy atom. The topological polar surface area (TPSA) is 58.6 Å². The lowest BCUT2D eigenvalue weighted by atomic mass is 10.0. The van der Waals surface area contributed by atoms with E-state index < -0.39 is 0 Å². The van der Waals surface area contributed by atoms with Crippen molar-refractivity contribution in [2.24, 2.45) is 0 Å². The van der Waals surface area contributed by atoms with E-state index in [1.54, 1.807) is 11.0 Å². The summed E-state index contributed by atoms with van der Waals surface area (Å²) in [4.78, 5) is 26.2. The number of likely N-dealkylation sites (tertiary alicyclic amines) is 1.